The van der Waals surface area contributed by atoms with Crippen molar-refractivity contribution in [2.75, 3.05) is 6.61 Å². The summed E-state index contributed by atoms with van der Waals surface area (Å²) in [6.45, 7) is 3.23. The van der Waals surface area contributed by atoms with Crippen LogP contribution in [-0.2, 0) is 19.1 Å². The normalized spacial score (nSPS) is 30.8. The van der Waals surface area contributed by atoms with Crippen LogP contribution in [0, 0.1) is 11.3 Å². The predicted octanol–water partition coefficient (Wildman–Crippen LogP) is 0.344. The Labute approximate surface area is 76.3 Å². The van der Waals surface area contributed by atoms with Gasteiger partial charge in [0.25, 0.3) is 0 Å². The van der Waals surface area contributed by atoms with E-state index in [1.165, 1.54) is 6.92 Å². The van der Waals surface area contributed by atoms with Gasteiger partial charge in [-0.15, -0.1) is 0 Å². The number of aldehydes is 1. The van der Waals surface area contributed by atoms with Crippen molar-refractivity contribution >= 4 is 18.0 Å². The summed E-state index contributed by atoms with van der Waals surface area (Å²) in [6.07, 6.45) is 0.961. The van der Waals surface area contributed by atoms with Gasteiger partial charge < -0.3 is 9.53 Å². The van der Waals surface area contributed by atoms with Gasteiger partial charge in [0.15, 0.2) is 0 Å². The molecule has 0 amide bonds. The van der Waals surface area contributed by atoms with E-state index in [1.807, 2.05) is 0 Å². The molecule has 0 N–H and O–H groups in total. The zero-order chi connectivity index (χ0) is 10.1. The van der Waals surface area contributed by atoms with Gasteiger partial charge in [0.1, 0.15) is 17.5 Å². The van der Waals surface area contributed by atoms with Crippen LogP contribution >= 0.6 is 0 Å². The van der Waals surface area contributed by atoms with E-state index in [0.29, 0.717) is 12.7 Å². The van der Waals surface area contributed by atoms with Gasteiger partial charge in [-0.2, -0.15) is 0 Å². The topological polar surface area (TPSA) is 60.4 Å². The lowest BCUT2D eigenvalue weighted by Gasteiger charge is -2.10. The van der Waals surface area contributed by atoms with Crippen molar-refractivity contribution in [1.82, 2.24) is 0 Å². The Hall–Kier alpha value is -1.19. The number of carbonyl (C=O) groups is 3. The Kier molecular flexibility index (Phi) is 2.50. The third-order valence-corrected chi connectivity index (χ3v) is 2.45. The van der Waals surface area contributed by atoms with Gasteiger partial charge >= 0.3 is 5.97 Å². The molecule has 13 heavy (non-hydrogen) atoms. The highest BCUT2D eigenvalue weighted by atomic mass is 16.5. The van der Waals surface area contributed by atoms with E-state index in [0.717, 1.165) is 0 Å². The summed E-state index contributed by atoms with van der Waals surface area (Å²) in [5.74, 6) is -1.30. The molecule has 1 fully saturated rings. The fourth-order valence-electron chi connectivity index (χ4n) is 1.50. The second-order valence-corrected chi connectivity index (χ2v) is 3.19. The van der Waals surface area contributed by atoms with Gasteiger partial charge in [-0.05, 0) is 20.3 Å². The third-order valence-electron chi connectivity index (χ3n) is 2.45. The molecule has 1 rings (SSSR count). The first kappa shape index (κ1) is 9.89. The van der Waals surface area contributed by atoms with Crippen molar-refractivity contribution in [2.24, 2.45) is 11.3 Å². The van der Waals surface area contributed by atoms with Crippen LogP contribution < -0.4 is 0 Å². The molecule has 72 valence electrons. The third kappa shape index (κ3) is 1.36. The Morgan fingerprint density at radius 3 is 2.54 bits per heavy atom. The molecule has 0 bridgehead atoms. The molecule has 1 saturated carbocycles. The number of ether oxygens (including phenoxy) is 1. The van der Waals surface area contributed by atoms with Crippen molar-refractivity contribution in [3.8, 4) is 0 Å². The van der Waals surface area contributed by atoms with Gasteiger partial charge in [-0.25, -0.2) is 0 Å². The Morgan fingerprint density at radius 1 is 1.62 bits per heavy atom. The highest BCUT2D eigenvalue weighted by molar-refractivity contribution is 6.09. The van der Waals surface area contributed by atoms with Gasteiger partial charge in [0.2, 0.25) is 0 Å². The van der Waals surface area contributed by atoms with Crippen molar-refractivity contribution < 1.29 is 19.1 Å². The Bertz CT molecular complexity index is 258. The van der Waals surface area contributed by atoms with Crippen LogP contribution in [0.15, 0.2) is 0 Å². The fourth-order valence-corrected chi connectivity index (χ4v) is 1.50. The van der Waals surface area contributed by atoms with E-state index in [2.05, 4.69) is 0 Å². The zero-order valence-corrected chi connectivity index (χ0v) is 7.70. The largest absolute Gasteiger partial charge is 0.465 e. The molecule has 2 unspecified atom stereocenters. The second kappa shape index (κ2) is 3.28. The average Bonchev–Trinajstić information content (AvgIpc) is 2.79. The van der Waals surface area contributed by atoms with Crippen LogP contribution in [0.3, 0.4) is 0 Å². The first-order valence-corrected chi connectivity index (χ1v) is 4.23. The molecule has 0 radical (unpaired) electrons. The van der Waals surface area contributed by atoms with E-state index in [4.69, 9.17) is 4.74 Å². The monoisotopic (exact) mass is 184 g/mol. The minimum Gasteiger partial charge on any atom is -0.465 e. The van der Waals surface area contributed by atoms with Gasteiger partial charge in [0, 0.05) is 5.92 Å². The fraction of sp³-hybridized carbons (Fsp3) is 0.667. The van der Waals surface area contributed by atoms with E-state index in [-0.39, 0.29) is 12.4 Å². The molecular weight excluding hydrogens is 172 g/mol. The second-order valence-electron chi connectivity index (χ2n) is 3.19. The molecule has 1 aliphatic carbocycles. The first-order valence-electron chi connectivity index (χ1n) is 4.23. The molecule has 4 heteroatoms. The molecule has 4 nitrogen and oxygen atoms in total. The van der Waals surface area contributed by atoms with Gasteiger partial charge in [-0.1, -0.05) is 0 Å². The van der Waals surface area contributed by atoms with E-state index < -0.39 is 17.3 Å². The summed E-state index contributed by atoms with van der Waals surface area (Å²) >= 11 is 0. The lowest BCUT2D eigenvalue weighted by molar-refractivity contribution is -0.154. The van der Waals surface area contributed by atoms with Crippen LogP contribution in [0.4, 0.5) is 0 Å². The van der Waals surface area contributed by atoms with Gasteiger partial charge in [-0.3, -0.25) is 9.59 Å². The van der Waals surface area contributed by atoms with Crippen molar-refractivity contribution in [3.63, 3.8) is 0 Å². The zero-order valence-electron chi connectivity index (χ0n) is 7.70. The Morgan fingerprint density at radius 2 is 2.23 bits per heavy atom. The SMILES string of the molecule is CCOC(=O)C1(C(C)=O)CC1C=O. The Balaban J connectivity index is 2.77. The molecular formula is C9H12O4. The maximum atomic E-state index is 11.3. The minimum absolute atomic E-state index is 0.236. The summed E-state index contributed by atoms with van der Waals surface area (Å²) in [5, 5.41) is 0. The van der Waals surface area contributed by atoms with Crippen molar-refractivity contribution in [3.05, 3.63) is 0 Å². The molecule has 0 aromatic heterocycles. The summed E-state index contributed by atoms with van der Waals surface area (Å²) in [6, 6.07) is 0. The van der Waals surface area contributed by atoms with Crippen LogP contribution in [0.25, 0.3) is 0 Å². The first-order chi connectivity index (χ1) is 6.09. The molecule has 0 heterocycles. The van der Waals surface area contributed by atoms with E-state index >= 15 is 0 Å². The smallest absolute Gasteiger partial charge is 0.320 e. The number of esters is 1. The number of hydrogen-bond acceptors (Lipinski definition) is 4. The molecule has 0 aromatic carbocycles. The summed E-state index contributed by atoms with van der Waals surface area (Å²) < 4.78 is 4.74. The lowest BCUT2D eigenvalue weighted by Crippen LogP contribution is -2.28. The van der Waals surface area contributed by atoms with Crippen molar-refractivity contribution in [2.45, 2.75) is 20.3 Å². The van der Waals surface area contributed by atoms with Crippen LogP contribution in [0.1, 0.15) is 20.3 Å². The van der Waals surface area contributed by atoms with E-state index in [1.54, 1.807) is 6.92 Å². The summed E-state index contributed by atoms with van der Waals surface area (Å²) in [5.41, 5.74) is -1.14. The highest BCUT2D eigenvalue weighted by Gasteiger charge is 2.65. The number of hydrogen-bond donors (Lipinski definition) is 0. The maximum absolute atomic E-state index is 11.3. The van der Waals surface area contributed by atoms with Crippen molar-refractivity contribution in [1.29, 1.82) is 0 Å². The molecule has 1 aliphatic rings. The van der Waals surface area contributed by atoms with Crippen LogP contribution in [-0.4, -0.2) is 24.6 Å². The highest BCUT2D eigenvalue weighted by Crippen LogP contribution is 2.52. The summed E-state index contributed by atoms with van der Waals surface area (Å²) in [7, 11) is 0. The van der Waals surface area contributed by atoms with Crippen LogP contribution in [0.5, 0.6) is 0 Å². The van der Waals surface area contributed by atoms with Crippen LogP contribution in [0.2, 0.25) is 0 Å². The number of ketones is 1. The quantitative estimate of drug-likeness (QED) is 0.359. The standard InChI is InChI=1S/C9H12O4/c1-3-13-8(12)9(6(2)11)4-7(9)5-10/h5,7H,3-4H2,1-2H3. The van der Waals surface area contributed by atoms with Gasteiger partial charge in [0.05, 0.1) is 6.61 Å². The molecule has 0 saturated heterocycles. The predicted molar refractivity (Wildman–Crippen MR) is 43.9 cm³/mol. The molecule has 2 atom stereocenters. The number of Topliss-reactive ketones (excluding diaryl/α,β-unsaturated/α-hetero) is 1. The molecule has 0 spiro atoms. The minimum atomic E-state index is -1.14. The number of rotatable bonds is 4. The van der Waals surface area contributed by atoms with E-state index in [9.17, 15) is 14.4 Å². The lowest BCUT2D eigenvalue weighted by atomic mass is 10.00. The molecule has 0 aliphatic heterocycles. The average molecular weight is 184 g/mol. The summed E-state index contributed by atoms with van der Waals surface area (Å²) in [4.78, 5) is 32.9. The molecule has 0 aromatic rings. The number of carbonyl (C=O) groups excluding carboxylic acids is 3. The maximum Gasteiger partial charge on any atom is 0.320 e.